The number of ether oxygens (including phenoxy) is 3. The van der Waals surface area contributed by atoms with Crippen LogP contribution in [0.25, 0.3) is 0 Å². The van der Waals surface area contributed by atoms with Gasteiger partial charge in [-0.3, -0.25) is 0 Å². The van der Waals surface area contributed by atoms with E-state index in [4.69, 9.17) is 14.2 Å². The van der Waals surface area contributed by atoms with Crippen molar-refractivity contribution in [2.45, 2.75) is 13.5 Å². The molecule has 0 aliphatic carbocycles. The minimum absolute atomic E-state index is 0.594. The molecule has 0 aliphatic rings. The summed E-state index contributed by atoms with van der Waals surface area (Å²) in [6, 6.07) is 3.78. The Morgan fingerprint density at radius 2 is 1.76 bits per heavy atom. The number of benzene rings is 1. The summed E-state index contributed by atoms with van der Waals surface area (Å²) in [5, 5.41) is 3.35. The molecular weight excluding hydrogens is 270 g/mol. The van der Waals surface area contributed by atoms with Gasteiger partial charge in [0.15, 0.2) is 11.5 Å². The second-order valence-corrected chi connectivity index (χ2v) is 4.51. The van der Waals surface area contributed by atoms with Gasteiger partial charge in [0.2, 0.25) is 5.75 Å². The number of aromatic nitrogens is 2. The molecule has 0 unspecified atom stereocenters. The van der Waals surface area contributed by atoms with Gasteiger partial charge in [-0.25, -0.2) is 4.98 Å². The molecule has 0 spiro atoms. The Hall–Kier alpha value is -2.37. The highest BCUT2D eigenvalue weighted by Crippen LogP contribution is 2.39. The molecule has 0 bridgehead atoms. The van der Waals surface area contributed by atoms with Crippen LogP contribution in [0, 0.1) is 6.92 Å². The molecule has 114 valence electrons. The lowest BCUT2D eigenvalue weighted by atomic mass is 10.2. The average Bonchev–Trinajstić information content (AvgIpc) is 2.91. The van der Waals surface area contributed by atoms with E-state index in [9.17, 15) is 0 Å². The summed E-state index contributed by atoms with van der Waals surface area (Å²) in [7, 11) is 4.81. The van der Waals surface area contributed by atoms with Gasteiger partial charge in [0.05, 0.1) is 21.3 Å². The summed E-state index contributed by atoms with van der Waals surface area (Å²) in [5.41, 5.74) is 0.919. The van der Waals surface area contributed by atoms with Gasteiger partial charge >= 0.3 is 0 Å². The monoisotopic (exact) mass is 291 g/mol. The first-order valence-corrected chi connectivity index (χ1v) is 6.71. The molecule has 1 heterocycles. The van der Waals surface area contributed by atoms with Crippen LogP contribution < -0.4 is 19.5 Å². The molecule has 1 N–H and O–H groups in total. The van der Waals surface area contributed by atoms with E-state index in [1.54, 1.807) is 27.5 Å². The summed E-state index contributed by atoms with van der Waals surface area (Å²) in [6.45, 7) is 3.60. The van der Waals surface area contributed by atoms with Gasteiger partial charge in [-0.05, 0) is 6.92 Å². The maximum Gasteiger partial charge on any atom is 0.203 e. The average molecular weight is 291 g/mol. The highest BCUT2D eigenvalue weighted by atomic mass is 16.5. The molecule has 1 aromatic heterocycles. The van der Waals surface area contributed by atoms with E-state index in [0.29, 0.717) is 17.2 Å². The molecule has 6 nitrogen and oxygen atoms in total. The number of rotatable bonds is 7. The second-order valence-electron chi connectivity index (χ2n) is 4.51. The molecule has 1 aromatic carbocycles. The lowest BCUT2D eigenvalue weighted by Gasteiger charge is -2.15. The topological polar surface area (TPSA) is 57.5 Å². The van der Waals surface area contributed by atoms with Crippen molar-refractivity contribution >= 4 is 5.69 Å². The Morgan fingerprint density at radius 3 is 2.24 bits per heavy atom. The maximum atomic E-state index is 5.33. The molecule has 0 atom stereocenters. The van der Waals surface area contributed by atoms with Crippen LogP contribution in [0.1, 0.15) is 5.82 Å². The molecule has 0 amide bonds. The molecule has 21 heavy (non-hydrogen) atoms. The van der Waals surface area contributed by atoms with Crippen LogP contribution in [0.5, 0.6) is 17.2 Å². The van der Waals surface area contributed by atoms with E-state index in [0.717, 1.165) is 24.6 Å². The van der Waals surface area contributed by atoms with Crippen molar-refractivity contribution in [1.82, 2.24) is 9.55 Å². The summed E-state index contributed by atoms with van der Waals surface area (Å²) in [4.78, 5) is 4.20. The molecule has 0 aliphatic heterocycles. The zero-order valence-corrected chi connectivity index (χ0v) is 12.8. The van der Waals surface area contributed by atoms with Crippen LogP contribution in [0.2, 0.25) is 0 Å². The van der Waals surface area contributed by atoms with Crippen LogP contribution in [0.3, 0.4) is 0 Å². The third-order valence-corrected chi connectivity index (χ3v) is 3.27. The van der Waals surface area contributed by atoms with Gasteiger partial charge in [-0.1, -0.05) is 0 Å². The Balaban J connectivity index is 2.08. The molecule has 0 radical (unpaired) electrons. The molecule has 0 saturated carbocycles. The fraction of sp³-hybridized carbons (Fsp3) is 0.400. The van der Waals surface area contributed by atoms with Crippen molar-refractivity contribution in [2.24, 2.45) is 0 Å². The zero-order valence-electron chi connectivity index (χ0n) is 12.8. The molecule has 2 aromatic rings. The third-order valence-electron chi connectivity index (χ3n) is 3.27. The van der Waals surface area contributed by atoms with Crippen LogP contribution in [0.4, 0.5) is 5.69 Å². The summed E-state index contributed by atoms with van der Waals surface area (Å²) >= 11 is 0. The van der Waals surface area contributed by atoms with Gasteiger partial charge in [0, 0.05) is 43.3 Å². The summed E-state index contributed by atoms with van der Waals surface area (Å²) in [6.07, 6.45) is 3.76. The van der Waals surface area contributed by atoms with E-state index < -0.39 is 0 Å². The highest BCUT2D eigenvalue weighted by Gasteiger charge is 2.12. The number of hydrogen-bond acceptors (Lipinski definition) is 5. The van der Waals surface area contributed by atoms with E-state index in [1.165, 1.54) is 0 Å². The Labute approximate surface area is 124 Å². The van der Waals surface area contributed by atoms with Crippen molar-refractivity contribution < 1.29 is 14.2 Å². The first-order valence-electron chi connectivity index (χ1n) is 6.71. The quantitative estimate of drug-likeness (QED) is 0.848. The van der Waals surface area contributed by atoms with Crippen LogP contribution in [-0.2, 0) is 6.54 Å². The van der Waals surface area contributed by atoms with E-state index in [2.05, 4.69) is 14.9 Å². The summed E-state index contributed by atoms with van der Waals surface area (Å²) in [5.74, 6) is 2.87. The number of anilines is 1. The minimum Gasteiger partial charge on any atom is -0.493 e. The zero-order chi connectivity index (χ0) is 15.2. The third kappa shape index (κ3) is 3.39. The van der Waals surface area contributed by atoms with Gasteiger partial charge in [-0.2, -0.15) is 0 Å². The number of nitrogens with zero attached hydrogens (tertiary/aromatic N) is 2. The number of methoxy groups -OCH3 is 3. The summed E-state index contributed by atoms with van der Waals surface area (Å²) < 4.78 is 18.1. The predicted octanol–water partition coefficient (Wildman–Crippen LogP) is 2.33. The minimum atomic E-state index is 0.594. The predicted molar refractivity (Wildman–Crippen MR) is 81.6 cm³/mol. The van der Waals surface area contributed by atoms with Crippen molar-refractivity contribution in [3.05, 3.63) is 30.4 Å². The maximum absolute atomic E-state index is 5.33. The van der Waals surface area contributed by atoms with Crippen molar-refractivity contribution in [3.8, 4) is 17.2 Å². The van der Waals surface area contributed by atoms with Crippen molar-refractivity contribution in [1.29, 1.82) is 0 Å². The number of nitrogens with one attached hydrogen (secondary N) is 1. The number of aryl methyl sites for hydroxylation is 1. The number of imidazole rings is 1. The highest BCUT2D eigenvalue weighted by molar-refractivity contribution is 5.62. The first-order chi connectivity index (χ1) is 10.2. The molecule has 6 heteroatoms. The van der Waals surface area contributed by atoms with E-state index >= 15 is 0 Å². The Morgan fingerprint density at radius 1 is 1.10 bits per heavy atom. The van der Waals surface area contributed by atoms with Crippen LogP contribution in [-0.4, -0.2) is 37.4 Å². The fourth-order valence-corrected chi connectivity index (χ4v) is 2.14. The van der Waals surface area contributed by atoms with E-state index in [1.807, 2.05) is 25.3 Å². The second kappa shape index (κ2) is 6.88. The molecule has 0 fully saturated rings. The normalized spacial score (nSPS) is 10.3. The lowest BCUT2D eigenvalue weighted by Crippen LogP contribution is -2.11. The molecule has 0 saturated heterocycles. The molecule has 2 rings (SSSR count). The standard InChI is InChI=1S/C15H21N3O3/c1-11-16-5-7-18(11)8-6-17-12-9-13(19-2)15(21-4)14(10-12)20-3/h5,7,9-10,17H,6,8H2,1-4H3. The number of hydrogen-bond donors (Lipinski definition) is 1. The van der Waals surface area contributed by atoms with Gasteiger partial charge < -0.3 is 24.1 Å². The van der Waals surface area contributed by atoms with Gasteiger partial charge in [0.1, 0.15) is 5.82 Å². The Kier molecular flexibility index (Phi) is 4.92. The van der Waals surface area contributed by atoms with Gasteiger partial charge in [-0.15, -0.1) is 0 Å². The van der Waals surface area contributed by atoms with E-state index in [-0.39, 0.29) is 0 Å². The smallest absolute Gasteiger partial charge is 0.203 e. The lowest BCUT2D eigenvalue weighted by molar-refractivity contribution is 0.324. The SMILES string of the molecule is COc1cc(NCCn2ccnc2C)cc(OC)c1OC. The van der Waals surface area contributed by atoms with Gasteiger partial charge in [0.25, 0.3) is 0 Å². The first kappa shape index (κ1) is 15.0. The Bertz CT molecular complexity index is 571. The molecular formula is C15H21N3O3. The van der Waals surface area contributed by atoms with Crippen LogP contribution >= 0.6 is 0 Å². The van der Waals surface area contributed by atoms with Crippen LogP contribution in [0.15, 0.2) is 24.5 Å². The van der Waals surface area contributed by atoms with Crippen molar-refractivity contribution in [2.75, 3.05) is 33.2 Å². The fourth-order valence-electron chi connectivity index (χ4n) is 2.14. The largest absolute Gasteiger partial charge is 0.493 e. The van der Waals surface area contributed by atoms with Crippen molar-refractivity contribution in [3.63, 3.8) is 0 Å².